The highest BCUT2D eigenvalue weighted by Gasteiger charge is 2.20. The standard InChI is InChI=1S/C18H27N3O.2ClH/c1-19-11-13-21(14-12-19)18(22)17-7-5-16(6-8-17)15-20-9-3-2-4-10-20;;/h5-8H,2-4,9-15H2,1H3;2*1H. The predicted octanol–water partition coefficient (Wildman–Crippen LogP) is 2.90. The number of piperidine rings is 1. The predicted molar refractivity (Wildman–Crippen MR) is 103 cm³/mol. The lowest BCUT2D eigenvalue weighted by atomic mass is 10.1. The van der Waals surface area contributed by atoms with E-state index in [0.717, 1.165) is 38.3 Å². The molecule has 4 nitrogen and oxygen atoms in total. The maximum Gasteiger partial charge on any atom is 0.253 e. The van der Waals surface area contributed by atoms with Gasteiger partial charge in [0.15, 0.2) is 0 Å². The summed E-state index contributed by atoms with van der Waals surface area (Å²) in [7, 11) is 2.11. The molecule has 1 amide bonds. The van der Waals surface area contributed by atoms with Gasteiger partial charge in [-0.15, -0.1) is 24.8 Å². The topological polar surface area (TPSA) is 26.8 Å². The summed E-state index contributed by atoms with van der Waals surface area (Å²) in [6, 6.07) is 8.25. The third-order valence-electron chi connectivity index (χ3n) is 4.85. The fourth-order valence-electron chi connectivity index (χ4n) is 3.32. The average molecular weight is 374 g/mol. The summed E-state index contributed by atoms with van der Waals surface area (Å²) >= 11 is 0. The Morgan fingerprint density at radius 3 is 2.04 bits per heavy atom. The number of hydrogen-bond acceptors (Lipinski definition) is 3. The molecular weight excluding hydrogens is 345 g/mol. The van der Waals surface area contributed by atoms with Crippen LogP contribution in [0.3, 0.4) is 0 Å². The van der Waals surface area contributed by atoms with Crippen molar-refractivity contribution in [3.05, 3.63) is 35.4 Å². The second-order valence-corrected chi connectivity index (χ2v) is 6.63. The molecule has 0 N–H and O–H groups in total. The van der Waals surface area contributed by atoms with E-state index in [1.165, 1.54) is 37.9 Å². The normalized spacial score (nSPS) is 19.3. The number of benzene rings is 1. The second-order valence-electron chi connectivity index (χ2n) is 6.63. The SMILES string of the molecule is CN1CCN(C(=O)c2ccc(CN3CCCCC3)cc2)CC1.Cl.Cl. The van der Waals surface area contributed by atoms with Crippen molar-refractivity contribution in [2.75, 3.05) is 46.3 Å². The van der Waals surface area contributed by atoms with Crippen LogP contribution in [0.4, 0.5) is 0 Å². The molecule has 24 heavy (non-hydrogen) atoms. The molecule has 3 rings (SSSR count). The van der Waals surface area contributed by atoms with Gasteiger partial charge in [-0.25, -0.2) is 0 Å². The van der Waals surface area contributed by atoms with E-state index in [4.69, 9.17) is 0 Å². The molecule has 2 heterocycles. The van der Waals surface area contributed by atoms with Crippen molar-refractivity contribution in [3.63, 3.8) is 0 Å². The Labute approximate surface area is 158 Å². The first-order valence-corrected chi connectivity index (χ1v) is 8.51. The number of carbonyl (C=O) groups excluding carboxylic acids is 1. The zero-order valence-corrected chi connectivity index (χ0v) is 16.1. The molecule has 0 atom stereocenters. The Kier molecular flexibility index (Phi) is 9.06. The van der Waals surface area contributed by atoms with E-state index in [0.29, 0.717) is 0 Å². The molecule has 136 valence electrons. The van der Waals surface area contributed by atoms with Crippen LogP contribution in [0.2, 0.25) is 0 Å². The number of carbonyl (C=O) groups is 1. The van der Waals surface area contributed by atoms with Gasteiger partial charge in [-0.05, 0) is 50.7 Å². The van der Waals surface area contributed by atoms with Crippen LogP contribution in [0.25, 0.3) is 0 Å². The molecule has 6 heteroatoms. The lowest BCUT2D eigenvalue weighted by molar-refractivity contribution is 0.0664. The van der Waals surface area contributed by atoms with Crippen LogP contribution in [0.15, 0.2) is 24.3 Å². The smallest absolute Gasteiger partial charge is 0.253 e. The van der Waals surface area contributed by atoms with E-state index in [2.05, 4.69) is 29.0 Å². The number of nitrogens with zero attached hydrogens (tertiary/aromatic N) is 3. The van der Waals surface area contributed by atoms with Crippen molar-refractivity contribution in [3.8, 4) is 0 Å². The molecule has 0 saturated carbocycles. The molecule has 0 bridgehead atoms. The van der Waals surface area contributed by atoms with Crippen LogP contribution < -0.4 is 0 Å². The molecule has 0 aliphatic carbocycles. The monoisotopic (exact) mass is 373 g/mol. The summed E-state index contributed by atoms with van der Waals surface area (Å²) < 4.78 is 0. The molecule has 1 aromatic carbocycles. The summed E-state index contributed by atoms with van der Waals surface area (Å²) in [5.41, 5.74) is 2.14. The fourth-order valence-corrected chi connectivity index (χ4v) is 3.32. The minimum absolute atomic E-state index is 0. The number of amides is 1. The summed E-state index contributed by atoms with van der Waals surface area (Å²) in [5, 5.41) is 0. The molecular formula is C18H29Cl2N3O. The van der Waals surface area contributed by atoms with Crippen molar-refractivity contribution in [1.82, 2.24) is 14.7 Å². The lowest BCUT2D eigenvalue weighted by Gasteiger charge is -2.32. The molecule has 1 aromatic rings. The highest BCUT2D eigenvalue weighted by atomic mass is 35.5. The third kappa shape index (κ3) is 5.62. The number of piperazine rings is 1. The van der Waals surface area contributed by atoms with Gasteiger partial charge in [-0.1, -0.05) is 18.6 Å². The maximum atomic E-state index is 12.5. The largest absolute Gasteiger partial charge is 0.336 e. The summed E-state index contributed by atoms with van der Waals surface area (Å²) in [4.78, 5) is 19.3. The highest BCUT2D eigenvalue weighted by Crippen LogP contribution is 2.15. The second kappa shape index (κ2) is 10.2. The fraction of sp³-hybridized carbons (Fsp3) is 0.611. The summed E-state index contributed by atoms with van der Waals surface area (Å²) in [5.74, 6) is 0.178. The van der Waals surface area contributed by atoms with Gasteiger partial charge in [0.1, 0.15) is 0 Å². The molecule has 0 unspecified atom stereocenters. The lowest BCUT2D eigenvalue weighted by Crippen LogP contribution is -2.47. The van der Waals surface area contributed by atoms with E-state index in [9.17, 15) is 4.79 Å². The first kappa shape index (κ1) is 21.2. The number of rotatable bonds is 3. The van der Waals surface area contributed by atoms with Gasteiger partial charge in [0, 0.05) is 38.3 Å². The Balaban J connectivity index is 0.00000144. The van der Waals surface area contributed by atoms with Gasteiger partial charge in [0.05, 0.1) is 0 Å². The number of likely N-dealkylation sites (tertiary alicyclic amines) is 1. The van der Waals surface area contributed by atoms with E-state index in [1.54, 1.807) is 0 Å². The maximum absolute atomic E-state index is 12.5. The summed E-state index contributed by atoms with van der Waals surface area (Å²) in [6.45, 7) is 7.06. The average Bonchev–Trinajstić information content (AvgIpc) is 2.57. The molecule has 0 spiro atoms. The van der Waals surface area contributed by atoms with Crippen LogP contribution in [0, 0.1) is 0 Å². The molecule has 2 aliphatic heterocycles. The van der Waals surface area contributed by atoms with E-state index in [1.807, 2.05) is 17.0 Å². The van der Waals surface area contributed by atoms with Crippen LogP contribution >= 0.6 is 24.8 Å². The minimum atomic E-state index is 0. The van der Waals surface area contributed by atoms with Crippen LogP contribution in [-0.2, 0) is 6.54 Å². The Morgan fingerprint density at radius 2 is 1.46 bits per heavy atom. The first-order chi connectivity index (χ1) is 10.7. The quantitative estimate of drug-likeness (QED) is 0.814. The van der Waals surface area contributed by atoms with Gasteiger partial charge < -0.3 is 9.80 Å². The minimum Gasteiger partial charge on any atom is -0.336 e. The Morgan fingerprint density at radius 1 is 0.875 bits per heavy atom. The van der Waals surface area contributed by atoms with Gasteiger partial charge in [-0.3, -0.25) is 9.69 Å². The van der Waals surface area contributed by atoms with Crippen molar-refractivity contribution in [2.45, 2.75) is 25.8 Å². The highest BCUT2D eigenvalue weighted by molar-refractivity contribution is 5.94. The van der Waals surface area contributed by atoms with Crippen molar-refractivity contribution >= 4 is 30.7 Å². The van der Waals surface area contributed by atoms with Crippen LogP contribution in [0.5, 0.6) is 0 Å². The van der Waals surface area contributed by atoms with Gasteiger partial charge >= 0.3 is 0 Å². The number of halogens is 2. The molecule has 2 saturated heterocycles. The first-order valence-electron chi connectivity index (χ1n) is 8.51. The zero-order chi connectivity index (χ0) is 15.4. The van der Waals surface area contributed by atoms with E-state index >= 15 is 0 Å². The Bertz CT molecular complexity index is 495. The van der Waals surface area contributed by atoms with Crippen molar-refractivity contribution < 1.29 is 4.79 Å². The van der Waals surface area contributed by atoms with Crippen molar-refractivity contribution in [1.29, 1.82) is 0 Å². The van der Waals surface area contributed by atoms with Gasteiger partial charge in [0.2, 0.25) is 0 Å². The number of hydrogen-bond donors (Lipinski definition) is 0. The molecule has 0 radical (unpaired) electrons. The van der Waals surface area contributed by atoms with E-state index < -0.39 is 0 Å². The molecule has 2 fully saturated rings. The zero-order valence-electron chi connectivity index (χ0n) is 14.4. The van der Waals surface area contributed by atoms with Gasteiger partial charge in [-0.2, -0.15) is 0 Å². The van der Waals surface area contributed by atoms with Crippen LogP contribution in [-0.4, -0.2) is 66.9 Å². The van der Waals surface area contributed by atoms with E-state index in [-0.39, 0.29) is 30.7 Å². The summed E-state index contributed by atoms with van der Waals surface area (Å²) in [6.07, 6.45) is 4.01. The van der Waals surface area contributed by atoms with Gasteiger partial charge in [0.25, 0.3) is 5.91 Å². The molecule has 2 aliphatic rings. The van der Waals surface area contributed by atoms with Crippen LogP contribution in [0.1, 0.15) is 35.2 Å². The third-order valence-corrected chi connectivity index (χ3v) is 4.85. The Hall–Kier alpha value is -0.810. The van der Waals surface area contributed by atoms with Crippen molar-refractivity contribution in [2.24, 2.45) is 0 Å². The number of likely N-dealkylation sites (N-methyl/N-ethyl adjacent to an activating group) is 1. The molecule has 0 aromatic heterocycles.